The van der Waals surface area contributed by atoms with Crippen molar-refractivity contribution in [2.24, 2.45) is 17.3 Å². The Morgan fingerprint density at radius 3 is 2.77 bits per heavy atom. The van der Waals surface area contributed by atoms with Gasteiger partial charge in [0.05, 0.1) is 6.10 Å². The van der Waals surface area contributed by atoms with Gasteiger partial charge in [0.2, 0.25) is 0 Å². The minimum atomic E-state index is -0.691. The summed E-state index contributed by atoms with van der Waals surface area (Å²) in [7, 11) is 0. The Kier molecular flexibility index (Phi) is 4.60. The van der Waals surface area contributed by atoms with Crippen LogP contribution in [0.3, 0.4) is 0 Å². The molecule has 0 spiro atoms. The van der Waals surface area contributed by atoms with Gasteiger partial charge in [0.25, 0.3) is 0 Å². The van der Waals surface area contributed by atoms with Crippen molar-refractivity contribution in [1.29, 1.82) is 0 Å². The van der Waals surface area contributed by atoms with E-state index in [4.69, 9.17) is 4.74 Å². The third kappa shape index (κ3) is 2.79. The Balaban J connectivity index is 1.72. The van der Waals surface area contributed by atoms with Crippen LogP contribution in [-0.2, 0) is 6.42 Å². The van der Waals surface area contributed by atoms with Crippen molar-refractivity contribution in [2.75, 3.05) is 0 Å². The highest BCUT2D eigenvalue weighted by Crippen LogP contribution is 2.62. The highest BCUT2D eigenvalue weighted by Gasteiger charge is 2.54. The molecule has 0 heterocycles. The summed E-state index contributed by atoms with van der Waals surface area (Å²) in [6, 6.07) is 3.31. The van der Waals surface area contributed by atoms with E-state index in [1.165, 1.54) is 6.07 Å². The van der Waals surface area contributed by atoms with E-state index in [0.29, 0.717) is 23.5 Å². The van der Waals surface area contributed by atoms with Gasteiger partial charge in [-0.15, -0.1) is 0 Å². The number of amides is 1. The fourth-order valence-corrected chi connectivity index (χ4v) is 5.94. The first-order valence-corrected chi connectivity index (χ1v) is 10.0. The maximum Gasteiger partial charge on any atom is 0.435 e. The molecule has 0 aliphatic heterocycles. The highest BCUT2D eigenvalue weighted by atomic mass is 32.2. The lowest BCUT2D eigenvalue weighted by Crippen LogP contribution is -2.44. The summed E-state index contributed by atoms with van der Waals surface area (Å²) in [4.78, 5) is 12.0. The standard InChI is InChI=1S/C19H25NO4S2/c1-19-7-6-13-12(14(19)4-5-16(19)22)3-2-10-8-11(21)9-15(17(10)13)24-18(23)20(25)26/h8-9,12-14,16,21-22,25-26H,2-7H2,1H3/t12-,13+,14+,16-,19+/m1/s1. The zero-order valence-electron chi connectivity index (χ0n) is 14.8. The molecule has 5 atom stereocenters. The van der Waals surface area contributed by atoms with Gasteiger partial charge < -0.3 is 14.9 Å². The molecule has 0 aromatic heterocycles. The topological polar surface area (TPSA) is 70.0 Å². The van der Waals surface area contributed by atoms with Crippen molar-refractivity contribution in [3.8, 4) is 11.5 Å². The molecule has 0 radical (unpaired) electrons. The largest absolute Gasteiger partial charge is 0.508 e. The maximum absolute atomic E-state index is 12.0. The number of thiol groups is 2. The predicted octanol–water partition coefficient (Wildman–Crippen LogP) is 4.10. The van der Waals surface area contributed by atoms with Crippen molar-refractivity contribution in [3.63, 3.8) is 0 Å². The van der Waals surface area contributed by atoms with E-state index in [1.54, 1.807) is 6.07 Å². The molecular formula is C19H25NO4S2. The second-order valence-electron chi connectivity index (χ2n) is 8.23. The molecule has 0 bridgehead atoms. The average molecular weight is 396 g/mol. The number of phenols is 1. The number of rotatable bonds is 1. The molecular weight excluding hydrogens is 370 g/mol. The fourth-order valence-electron chi connectivity index (χ4n) is 5.86. The molecule has 2 fully saturated rings. The van der Waals surface area contributed by atoms with Crippen LogP contribution in [-0.4, -0.2) is 26.1 Å². The maximum atomic E-state index is 12.0. The van der Waals surface area contributed by atoms with Crippen molar-refractivity contribution in [2.45, 2.75) is 57.5 Å². The average Bonchev–Trinajstić information content (AvgIpc) is 2.89. The molecule has 3 aliphatic rings. The van der Waals surface area contributed by atoms with Crippen LogP contribution in [0.5, 0.6) is 11.5 Å². The second-order valence-corrected chi connectivity index (χ2v) is 9.34. The van der Waals surface area contributed by atoms with Crippen LogP contribution < -0.4 is 4.74 Å². The van der Waals surface area contributed by atoms with Gasteiger partial charge in [0.1, 0.15) is 11.5 Å². The van der Waals surface area contributed by atoms with Gasteiger partial charge in [0.15, 0.2) is 0 Å². The number of aliphatic hydroxyl groups is 1. The molecule has 2 N–H and O–H groups in total. The van der Waals surface area contributed by atoms with E-state index in [2.05, 4.69) is 32.6 Å². The Labute approximate surface area is 164 Å². The van der Waals surface area contributed by atoms with E-state index in [1.807, 2.05) is 0 Å². The van der Waals surface area contributed by atoms with Gasteiger partial charge in [-0.1, -0.05) is 6.92 Å². The van der Waals surface area contributed by atoms with Crippen LogP contribution in [0.15, 0.2) is 12.1 Å². The van der Waals surface area contributed by atoms with Crippen LogP contribution in [0.2, 0.25) is 0 Å². The lowest BCUT2D eigenvalue weighted by atomic mass is 9.55. The number of phenolic OH excluding ortho intramolecular Hbond substituents is 1. The summed E-state index contributed by atoms with van der Waals surface area (Å²) >= 11 is 7.74. The summed E-state index contributed by atoms with van der Waals surface area (Å²) in [5.41, 5.74) is 2.10. The Hall–Kier alpha value is -1.05. The number of carbonyl (C=O) groups excluding carboxylic acids is 1. The number of benzene rings is 1. The first-order valence-electron chi connectivity index (χ1n) is 9.25. The van der Waals surface area contributed by atoms with E-state index in [9.17, 15) is 15.0 Å². The third-order valence-electron chi connectivity index (χ3n) is 7.08. The van der Waals surface area contributed by atoms with Gasteiger partial charge in [-0.05, 0) is 99.0 Å². The highest BCUT2D eigenvalue weighted by molar-refractivity contribution is 7.94. The number of ether oxygens (including phenoxy) is 1. The molecule has 3 aliphatic carbocycles. The van der Waals surface area contributed by atoms with Gasteiger partial charge in [-0.2, -0.15) is 3.71 Å². The van der Waals surface area contributed by atoms with E-state index < -0.39 is 6.09 Å². The molecule has 2 saturated carbocycles. The third-order valence-corrected chi connectivity index (χ3v) is 7.40. The molecule has 4 rings (SSSR count). The monoisotopic (exact) mass is 395 g/mol. The molecule has 1 amide bonds. The van der Waals surface area contributed by atoms with E-state index >= 15 is 0 Å². The van der Waals surface area contributed by atoms with Crippen molar-refractivity contribution < 1.29 is 19.7 Å². The van der Waals surface area contributed by atoms with Crippen LogP contribution in [0.4, 0.5) is 4.79 Å². The number of carbonyl (C=O) groups is 1. The summed E-state index contributed by atoms with van der Waals surface area (Å²) in [5.74, 6) is 1.78. The fraction of sp³-hybridized carbons (Fsp3) is 0.632. The van der Waals surface area contributed by atoms with Crippen LogP contribution in [0, 0.1) is 17.3 Å². The molecule has 142 valence electrons. The summed E-state index contributed by atoms with van der Waals surface area (Å²) in [6.45, 7) is 2.23. The predicted molar refractivity (Wildman–Crippen MR) is 105 cm³/mol. The molecule has 7 heteroatoms. The molecule has 1 aromatic carbocycles. The number of hydrogen-bond donors (Lipinski definition) is 4. The summed E-state index contributed by atoms with van der Waals surface area (Å²) in [6.07, 6.45) is 4.86. The first kappa shape index (κ1) is 18.3. The number of aliphatic hydroxyl groups excluding tert-OH is 1. The van der Waals surface area contributed by atoms with E-state index in [0.717, 1.165) is 53.4 Å². The van der Waals surface area contributed by atoms with Crippen molar-refractivity contribution in [1.82, 2.24) is 3.71 Å². The molecule has 26 heavy (non-hydrogen) atoms. The number of hydrogen-bond acceptors (Lipinski definition) is 6. The van der Waals surface area contributed by atoms with Gasteiger partial charge in [0, 0.05) is 11.6 Å². The molecule has 0 saturated heterocycles. The first-order chi connectivity index (χ1) is 12.3. The van der Waals surface area contributed by atoms with Gasteiger partial charge in [-0.25, -0.2) is 4.79 Å². The quantitative estimate of drug-likeness (QED) is 0.541. The number of fused-ring (bicyclic) bond motifs is 5. The van der Waals surface area contributed by atoms with Crippen LogP contribution in [0.1, 0.15) is 56.1 Å². The molecule has 1 aromatic rings. The number of aromatic hydroxyl groups is 1. The van der Waals surface area contributed by atoms with Crippen molar-refractivity contribution >= 4 is 31.7 Å². The summed E-state index contributed by atoms with van der Waals surface area (Å²) < 4.78 is 6.28. The van der Waals surface area contributed by atoms with Gasteiger partial charge in [-0.3, -0.25) is 0 Å². The van der Waals surface area contributed by atoms with E-state index in [-0.39, 0.29) is 17.3 Å². The molecule has 0 unspecified atom stereocenters. The van der Waals surface area contributed by atoms with Crippen molar-refractivity contribution in [3.05, 3.63) is 23.3 Å². The Morgan fingerprint density at radius 1 is 1.27 bits per heavy atom. The summed E-state index contributed by atoms with van der Waals surface area (Å²) in [5, 5.41) is 20.6. The molecule has 5 nitrogen and oxygen atoms in total. The number of aryl methyl sites for hydroxylation is 1. The smallest absolute Gasteiger partial charge is 0.435 e. The van der Waals surface area contributed by atoms with Crippen LogP contribution >= 0.6 is 25.6 Å². The zero-order chi connectivity index (χ0) is 18.6. The minimum absolute atomic E-state index is 0.000570. The Morgan fingerprint density at radius 2 is 2.04 bits per heavy atom. The van der Waals surface area contributed by atoms with Crippen LogP contribution in [0.25, 0.3) is 0 Å². The minimum Gasteiger partial charge on any atom is -0.508 e. The normalized spacial score (nSPS) is 35.2. The van der Waals surface area contributed by atoms with Gasteiger partial charge >= 0.3 is 6.09 Å². The lowest BCUT2D eigenvalue weighted by Gasteiger charge is -2.50. The zero-order valence-corrected chi connectivity index (χ0v) is 16.5. The number of nitrogens with zero attached hydrogens (tertiary/aromatic N) is 1. The Bertz CT molecular complexity index is 740. The second kappa shape index (κ2) is 6.53. The SMILES string of the molecule is C[C@]12CC[C@@H]3c4c(cc(O)cc4OC(=O)N(S)S)CC[C@H]3[C@@H]1CC[C@H]2O. The lowest BCUT2D eigenvalue weighted by molar-refractivity contribution is -0.0228.